The van der Waals surface area contributed by atoms with E-state index in [1.54, 1.807) is 0 Å². The van der Waals surface area contributed by atoms with Gasteiger partial charge >= 0.3 is 0 Å². The minimum Gasteiger partial charge on any atom is -0.357 e. The van der Waals surface area contributed by atoms with Crippen LogP contribution in [0.4, 0.5) is 0 Å². The fourth-order valence-electron chi connectivity index (χ4n) is 2.79. The van der Waals surface area contributed by atoms with Crippen LogP contribution < -0.4 is 10.6 Å². The number of hydrogen-bond acceptors (Lipinski definition) is 3. The molecule has 22 heavy (non-hydrogen) atoms. The van der Waals surface area contributed by atoms with Gasteiger partial charge in [-0.15, -0.1) is 0 Å². The van der Waals surface area contributed by atoms with Gasteiger partial charge in [0.15, 0.2) is 5.96 Å². The summed E-state index contributed by atoms with van der Waals surface area (Å²) in [5.41, 5.74) is 3.48. The highest BCUT2D eigenvalue weighted by Gasteiger charge is 2.29. The molecule has 1 unspecified atom stereocenters. The van der Waals surface area contributed by atoms with E-state index in [0.717, 1.165) is 24.7 Å². The average molecular weight is 324 g/mol. The maximum absolute atomic E-state index is 4.74. The van der Waals surface area contributed by atoms with E-state index >= 15 is 0 Å². The van der Waals surface area contributed by atoms with Crippen LogP contribution in [-0.4, -0.2) is 39.3 Å². The Balaban J connectivity index is 2.00. The topological polar surface area (TPSA) is 54.2 Å². The number of guanidine groups is 1. The van der Waals surface area contributed by atoms with Crippen LogP contribution in [0.15, 0.2) is 4.99 Å². The van der Waals surface area contributed by atoms with Gasteiger partial charge in [0.05, 0.1) is 12.2 Å². The van der Waals surface area contributed by atoms with E-state index in [4.69, 9.17) is 4.99 Å². The van der Waals surface area contributed by atoms with Gasteiger partial charge in [-0.25, -0.2) is 4.99 Å². The molecule has 0 bridgehead atoms. The smallest absolute Gasteiger partial charge is 0.191 e. The zero-order chi connectivity index (χ0) is 16.2. The summed E-state index contributed by atoms with van der Waals surface area (Å²) in [7, 11) is 1.98. The number of aliphatic imine (C=N–C) groups is 1. The van der Waals surface area contributed by atoms with Crippen molar-refractivity contribution >= 4 is 17.7 Å². The lowest BCUT2D eigenvalue weighted by molar-refractivity contribution is 0.584. The van der Waals surface area contributed by atoms with Gasteiger partial charge < -0.3 is 10.6 Å². The summed E-state index contributed by atoms with van der Waals surface area (Å²) in [6.45, 7) is 11.1. The van der Waals surface area contributed by atoms with Crippen molar-refractivity contribution in [3.05, 3.63) is 17.0 Å². The standard InChI is InChI=1S/C16H29N5S/c1-6-17-15(19-11-16(4)8-7-9-22-16)18-10-14-12(2)20-21(5)13(14)3/h6-11H2,1-5H3,(H2,17,18,19). The first-order chi connectivity index (χ1) is 10.4. The van der Waals surface area contributed by atoms with Crippen molar-refractivity contribution in [2.75, 3.05) is 18.8 Å². The molecular weight excluding hydrogens is 294 g/mol. The van der Waals surface area contributed by atoms with Crippen molar-refractivity contribution in [2.45, 2.75) is 51.8 Å². The van der Waals surface area contributed by atoms with Gasteiger partial charge in [-0.05, 0) is 46.3 Å². The van der Waals surface area contributed by atoms with Crippen molar-refractivity contribution in [3.63, 3.8) is 0 Å². The lowest BCUT2D eigenvalue weighted by atomic mass is 10.1. The quantitative estimate of drug-likeness (QED) is 0.645. The van der Waals surface area contributed by atoms with E-state index in [9.17, 15) is 0 Å². The first kappa shape index (κ1) is 17.2. The monoisotopic (exact) mass is 323 g/mol. The summed E-state index contributed by atoms with van der Waals surface area (Å²) < 4.78 is 2.27. The van der Waals surface area contributed by atoms with Crippen LogP contribution in [0.3, 0.4) is 0 Å². The number of hydrogen-bond donors (Lipinski definition) is 2. The lowest BCUT2D eigenvalue weighted by Gasteiger charge is -2.24. The second-order valence-electron chi connectivity index (χ2n) is 6.22. The Morgan fingerprint density at radius 2 is 2.18 bits per heavy atom. The third kappa shape index (κ3) is 4.18. The predicted octanol–water partition coefficient (Wildman–Crippen LogP) is 2.38. The fraction of sp³-hybridized carbons (Fsp3) is 0.750. The molecule has 1 saturated heterocycles. The van der Waals surface area contributed by atoms with Gasteiger partial charge in [0.25, 0.3) is 0 Å². The van der Waals surface area contributed by atoms with Crippen LogP contribution in [0.2, 0.25) is 0 Å². The van der Waals surface area contributed by atoms with Gasteiger partial charge in [0, 0.05) is 36.1 Å². The number of aromatic nitrogens is 2. The van der Waals surface area contributed by atoms with E-state index < -0.39 is 0 Å². The Hall–Kier alpha value is -1.17. The highest BCUT2D eigenvalue weighted by molar-refractivity contribution is 8.00. The Morgan fingerprint density at radius 1 is 1.41 bits per heavy atom. The largest absolute Gasteiger partial charge is 0.357 e. The van der Waals surface area contributed by atoms with E-state index in [2.05, 4.69) is 55.2 Å². The average Bonchev–Trinajstić information content (AvgIpc) is 3.00. The summed E-state index contributed by atoms with van der Waals surface area (Å²) in [6, 6.07) is 0. The second kappa shape index (κ2) is 7.40. The molecule has 2 heterocycles. The van der Waals surface area contributed by atoms with Crippen molar-refractivity contribution in [1.29, 1.82) is 0 Å². The molecule has 6 heteroatoms. The van der Waals surface area contributed by atoms with Crippen LogP contribution in [-0.2, 0) is 13.6 Å². The number of aryl methyl sites for hydroxylation is 2. The molecule has 1 aromatic rings. The number of thioether (sulfide) groups is 1. The van der Waals surface area contributed by atoms with Crippen molar-refractivity contribution in [1.82, 2.24) is 20.4 Å². The van der Waals surface area contributed by atoms with Gasteiger partial charge in [0.2, 0.25) is 0 Å². The summed E-state index contributed by atoms with van der Waals surface area (Å²) in [5, 5.41) is 11.3. The zero-order valence-corrected chi connectivity index (χ0v) is 15.3. The fourth-order valence-corrected chi connectivity index (χ4v) is 4.04. The van der Waals surface area contributed by atoms with Gasteiger partial charge in [-0.3, -0.25) is 4.68 Å². The molecule has 0 amide bonds. The van der Waals surface area contributed by atoms with Crippen molar-refractivity contribution in [2.24, 2.45) is 12.0 Å². The van der Waals surface area contributed by atoms with Crippen LogP contribution in [0, 0.1) is 13.8 Å². The Kier molecular flexibility index (Phi) is 5.78. The molecule has 124 valence electrons. The molecule has 0 aromatic carbocycles. The molecular formula is C16H29N5S. The van der Waals surface area contributed by atoms with Crippen LogP contribution >= 0.6 is 11.8 Å². The Bertz CT molecular complexity index is 529. The number of rotatable bonds is 5. The third-order valence-corrected chi connectivity index (χ3v) is 5.87. The first-order valence-corrected chi connectivity index (χ1v) is 9.09. The highest BCUT2D eigenvalue weighted by Crippen LogP contribution is 2.36. The third-order valence-electron chi connectivity index (χ3n) is 4.33. The van der Waals surface area contributed by atoms with Crippen LogP contribution in [0.5, 0.6) is 0 Å². The molecule has 1 atom stereocenters. The Morgan fingerprint density at radius 3 is 2.73 bits per heavy atom. The number of nitrogens with one attached hydrogen (secondary N) is 2. The van der Waals surface area contributed by atoms with E-state index in [1.165, 1.54) is 29.9 Å². The molecule has 1 fully saturated rings. The van der Waals surface area contributed by atoms with E-state index in [1.807, 2.05) is 11.7 Å². The summed E-state index contributed by atoms with van der Waals surface area (Å²) in [4.78, 5) is 4.74. The van der Waals surface area contributed by atoms with Gasteiger partial charge in [0.1, 0.15) is 0 Å². The molecule has 0 saturated carbocycles. The normalized spacial score (nSPS) is 22.1. The predicted molar refractivity (Wildman–Crippen MR) is 95.6 cm³/mol. The van der Waals surface area contributed by atoms with Crippen LogP contribution in [0.25, 0.3) is 0 Å². The maximum atomic E-state index is 4.74. The zero-order valence-electron chi connectivity index (χ0n) is 14.5. The highest BCUT2D eigenvalue weighted by atomic mass is 32.2. The minimum absolute atomic E-state index is 0.344. The molecule has 5 nitrogen and oxygen atoms in total. The summed E-state index contributed by atoms with van der Waals surface area (Å²) in [5.74, 6) is 2.18. The van der Waals surface area contributed by atoms with E-state index in [-0.39, 0.29) is 0 Å². The molecule has 0 spiro atoms. The lowest BCUT2D eigenvalue weighted by Crippen LogP contribution is -2.43. The van der Waals surface area contributed by atoms with E-state index in [0.29, 0.717) is 11.3 Å². The molecule has 2 rings (SSSR count). The van der Waals surface area contributed by atoms with Crippen LogP contribution in [0.1, 0.15) is 43.6 Å². The molecule has 2 N–H and O–H groups in total. The van der Waals surface area contributed by atoms with Gasteiger partial charge in [-0.1, -0.05) is 0 Å². The molecule has 1 aliphatic heterocycles. The van der Waals surface area contributed by atoms with Crippen molar-refractivity contribution < 1.29 is 0 Å². The Labute approximate surface area is 138 Å². The molecule has 0 radical (unpaired) electrons. The summed E-state index contributed by atoms with van der Waals surface area (Å²) >= 11 is 2.07. The minimum atomic E-state index is 0.344. The molecule has 1 aromatic heterocycles. The first-order valence-electron chi connectivity index (χ1n) is 8.10. The van der Waals surface area contributed by atoms with Crippen molar-refractivity contribution in [3.8, 4) is 0 Å². The van der Waals surface area contributed by atoms with Gasteiger partial charge in [-0.2, -0.15) is 16.9 Å². The second-order valence-corrected chi connectivity index (χ2v) is 7.91. The molecule has 1 aliphatic rings. The maximum Gasteiger partial charge on any atom is 0.191 e. The SMILES string of the molecule is CCNC(=NCc1c(C)nn(C)c1C)NCC1(C)CCCS1. The summed E-state index contributed by atoms with van der Waals surface area (Å²) in [6.07, 6.45) is 2.61. The number of nitrogens with zero attached hydrogens (tertiary/aromatic N) is 3. The molecule has 0 aliphatic carbocycles.